The smallest absolute Gasteiger partial charge is 0.104 e. The Morgan fingerprint density at radius 1 is 0.947 bits per heavy atom. The highest BCUT2D eigenvalue weighted by atomic mass is 127. The zero-order chi connectivity index (χ0) is 14.0. The molecule has 2 heteroatoms. The average molecular weight is 366 g/mol. The largest absolute Gasteiger partial charge is 0.384 e. The molecule has 0 spiro atoms. The van der Waals surface area contributed by atoms with E-state index in [0.29, 0.717) is 0 Å². The van der Waals surface area contributed by atoms with Crippen molar-refractivity contribution < 1.29 is 5.11 Å². The summed E-state index contributed by atoms with van der Waals surface area (Å²) < 4.78 is 1.14. The normalized spacial score (nSPS) is 13.3. The van der Waals surface area contributed by atoms with Gasteiger partial charge in [-0.15, -0.1) is 0 Å². The van der Waals surface area contributed by atoms with Crippen LogP contribution >= 0.6 is 22.6 Å². The van der Waals surface area contributed by atoms with Gasteiger partial charge < -0.3 is 5.11 Å². The van der Waals surface area contributed by atoms with Crippen molar-refractivity contribution in [3.05, 3.63) is 68.8 Å². The number of halogens is 1. The molecule has 0 amide bonds. The second-order valence-corrected chi connectivity index (χ2v) is 7.08. The number of aliphatic hydroxyl groups excluding tert-OH is 1. The first-order valence-electron chi connectivity index (χ1n) is 6.42. The molecule has 2 aromatic carbocycles. The third-order valence-electron chi connectivity index (χ3n) is 3.26. The molecular formula is C17H19IO. The molecular weight excluding hydrogens is 347 g/mol. The van der Waals surface area contributed by atoms with Crippen LogP contribution < -0.4 is 0 Å². The minimum absolute atomic E-state index is 0.144. The van der Waals surface area contributed by atoms with Gasteiger partial charge in [0.05, 0.1) is 0 Å². The van der Waals surface area contributed by atoms with Gasteiger partial charge in [-0.3, -0.25) is 0 Å². The topological polar surface area (TPSA) is 20.2 Å². The van der Waals surface area contributed by atoms with Crippen LogP contribution in [0.4, 0.5) is 0 Å². The molecule has 100 valence electrons. The SMILES string of the molecule is CC(C)(C)c1ccc(C(O)c2cccc(I)c2)cc1. The summed E-state index contributed by atoms with van der Waals surface area (Å²) in [5.41, 5.74) is 3.31. The molecule has 1 atom stereocenters. The van der Waals surface area contributed by atoms with E-state index < -0.39 is 6.10 Å². The molecule has 0 radical (unpaired) electrons. The van der Waals surface area contributed by atoms with Crippen molar-refractivity contribution >= 4 is 22.6 Å². The van der Waals surface area contributed by atoms with Gasteiger partial charge in [-0.2, -0.15) is 0 Å². The zero-order valence-electron chi connectivity index (χ0n) is 11.5. The van der Waals surface area contributed by atoms with E-state index in [1.54, 1.807) is 0 Å². The molecule has 0 aliphatic heterocycles. The van der Waals surface area contributed by atoms with E-state index in [9.17, 15) is 5.11 Å². The molecule has 1 N–H and O–H groups in total. The lowest BCUT2D eigenvalue weighted by Gasteiger charge is -2.20. The summed E-state index contributed by atoms with van der Waals surface area (Å²) in [6.07, 6.45) is -0.552. The lowest BCUT2D eigenvalue weighted by molar-refractivity contribution is 0.220. The first-order chi connectivity index (χ1) is 8.88. The second kappa shape index (κ2) is 5.63. The Labute approximate surface area is 128 Å². The molecule has 1 unspecified atom stereocenters. The fourth-order valence-electron chi connectivity index (χ4n) is 2.03. The molecule has 0 aliphatic carbocycles. The van der Waals surface area contributed by atoms with Crippen molar-refractivity contribution in [3.63, 3.8) is 0 Å². The van der Waals surface area contributed by atoms with E-state index in [0.717, 1.165) is 14.7 Å². The fourth-order valence-corrected chi connectivity index (χ4v) is 2.60. The molecule has 19 heavy (non-hydrogen) atoms. The highest BCUT2D eigenvalue weighted by Gasteiger charge is 2.15. The molecule has 0 bridgehead atoms. The third-order valence-corrected chi connectivity index (χ3v) is 3.93. The van der Waals surface area contributed by atoms with E-state index in [1.165, 1.54) is 5.56 Å². The lowest BCUT2D eigenvalue weighted by Crippen LogP contribution is -2.11. The summed E-state index contributed by atoms with van der Waals surface area (Å²) >= 11 is 2.26. The summed E-state index contributed by atoms with van der Waals surface area (Å²) in [6.45, 7) is 6.58. The summed E-state index contributed by atoms with van der Waals surface area (Å²) in [7, 11) is 0. The van der Waals surface area contributed by atoms with Crippen LogP contribution in [0.3, 0.4) is 0 Å². The number of rotatable bonds is 2. The van der Waals surface area contributed by atoms with E-state index >= 15 is 0 Å². The van der Waals surface area contributed by atoms with Crippen LogP contribution in [0, 0.1) is 3.57 Å². The minimum atomic E-state index is -0.552. The van der Waals surface area contributed by atoms with E-state index in [4.69, 9.17) is 0 Å². The number of hydrogen-bond acceptors (Lipinski definition) is 1. The number of aliphatic hydroxyl groups is 1. The molecule has 0 saturated heterocycles. The minimum Gasteiger partial charge on any atom is -0.384 e. The lowest BCUT2D eigenvalue weighted by atomic mass is 9.86. The summed E-state index contributed by atoms with van der Waals surface area (Å²) in [6, 6.07) is 16.2. The maximum atomic E-state index is 10.4. The Morgan fingerprint density at radius 3 is 2.11 bits per heavy atom. The molecule has 0 aromatic heterocycles. The Kier molecular flexibility index (Phi) is 4.31. The molecule has 0 heterocycles. The maximum absolute atomic E-state index is 10.4. The van der Waals surface area contributed by atoms with Gasteiger partial charge in [0.25, 0.3) is 0 Å². The van der Waals surface area contributed by atoms with Crippen LogP contribution in [-0.2, 0) is 5.41 Å². The highest BCUT2D eigenvalue weighted by molar-refractivity contribution is 14.1. The van der Waals surface area contributed by atoms with Gasteiger partial charge in [0.1, 0.15) is 6.10 Å². The average Bonchev–Trinajstić information content (AvgIpc) is 2.37. The van der Waals surface area contributed by atoms with E-state index in [2.05, 4.69) is 55.5 Å². The molecule has 2 aromatic rings. The van der Waals surface area contributed by atoms with Gasteiger partial charge in [0, 0.05) is 3.57 Å². The van der Waals surface area contributed by atoms with Gasteiger partial charge >= 0.3 is 0 Å². The van der Waals surface area contributed by atoms with Crippen molar-refractivity contribution in [2.24, 2.45) is 0 Å². The van der Waals surface area contributed by atoms with Crippen LogP contribution in [0.2, 0.25) is 0 Å². The monoisotopic (exact) mass is 366 g/mol. The van der Waals surface area contributed by atoms with Crippen molar-refractivity contribution in [2.75, 3.05) is 0 Å². The first-order valence-corrected chi connectivity index (χ1v) is 7.50. The first kappa shape index (κ1) is 14.5. The predicted molar refractivity (Wildman–Crippen MR) is 88.4 cm³/mol. The van der Waals surface area contributed by atoms with Gasteiger partial charge in [-0.25, -0.2) is 0 Å². The Bertz CT molecular complexity index is 552. The fraction of sp³-hybridized carbons (Fsp3) is 0.294. The van der Waals surface area contributed by atoms with E-state index in [-0.39, 0.29) is 5.41 Å². The van der Waals surface area contributed by atoms with Crippen LogP contribution in [0.15, 0.2) is 48.5 Å². The van der Waals surface area contributed by atoms with Gasteiger partial charge in [-0.05, 0) is 56.8 Å². The molecule has 0 saturated carbocycles. The number of hydrogen-bond donors (Lipinski definition) is 1. The summed E-state index contributed by atoms with van der Waals surface area (Å²) in [4.78, 5) is 0. The predicted octanol–water partition coefficient (Wildman–Crippen LogP) is 4.67. The zero-order valence-corrected chi connectivity index (χ0v) is 13.7. The van der Waals surface area contributed by atoms with Crippen molar-refractivity contribution in [3.8, 4) is 0 Å². The number of benzene rings is 2. The van der Waals surface area contributed by atoms with Crippen LogP contribution in [0.1, 0.15) is 43.6 Å². The van der Waals surface area contributed by atoms with E-state index in [1.807, 2.05) is 36.4 Å². The van der Waals surface area contributed by atoms with Gasteiger partial charge in [0.2, 0.25) is 0 Å². The standard InChI is InChI=1S/C17H19IO/c1-17(2,3)14-9-7-12(8-10-14)16(19)13-5-4-6-15(18)11-13/h4-11,16,19H,1-3H3. The second-order valence-electron chi connectivity index (χ2n) is 5.83. The Hall–Kier alpha value is -0.870. The van der Waals surface area contributed by atoms with Gasteiger partial charge in [0.15, 0.2) is 0 Å². The summed E-state index contributed by atoms with van der Waals surface area (Å²) in [5, 5.41) is 10.4. The van der Waals surface area contributed by atoms with Gasteiger partial charge in [-0.1, -0.05) is 57.2 Å². The van der Waals surface area contributed by atoms with Crippen LogP contribution in [0.5, 0.6) is 0 Å². The Morgan fingerprint density at radius 2 is 1.58 bits per heavy atom. The molecule has 2 rings (SSSR count). The Balaban J connectivity index is 2.27. The molecule has 0 aliphatic rings. The molecule has 1 nitrogen and oxygen atoms in total. The van der Waals surface area contributed by atoms with Crippen molar-refractivity contribution in [1.82, 2.24) is 0 Å². The highest BCUT2D eigenvalue weighted by Crippen LogP contribution is 2.27. The third kappa shape index (κ3) is 3.57. The van der Waals surface area contributed by atoms with Crippen LogP contribution in [-0.4, -0.2) is 5.11 Å². The maximum Gasteiger partial charge on any atom is 0.104 e. The van der Waals surface area contributed by atoms with Crippen LogP contribution in [0.25, 0.3) is 0 Å². The summed E-state index contributed by atoms with van der Waals surface area (Å²) in [5.74, 6) is 0. The van der Waals surface area contributed by atoms with Crippen molar-refractivity contribution in [2.45, 2.75) is 32.3 Å². The quantitative estimate of drug-likeness (QED) is 0.766. The van der Waals surface area contributed by atoms with Crippen molar-refractivity contribution in [1.29, 1.82) is 0 Å². The molecule has 0 fully saturated rings.